The van der Waals surface area contributed by atoms with Gasteiger partial charge in [-0.05, 0) is 36.6 Å². The second-order valence-corrected chi connectivity index (χ2v) is 7.94. The van der Waals surface area contributed by atoms with Crippen molar-refractivity contribution in [3.63, 3.8) is 0 Å². The largest absolute Gasteiger partial charge is 0.504 e. The van der Waals surface area contributed by atoms with Gasteiger partial charge in [0.25, 0.3) is 0 Å². The fraction of sp³-hybridized carbons (Fsp3) is 0.320. The first kappa shape index (κ1) is 21.6. The molecule has 0 radical (unpaired) electrons. The van der Waals surface area contributed by atoms with E-state index >= 15 is 0 Å². The lowest BCUT2D eigenvalue weighted by molar-refractivity contribution is -0.152. The molecule has 0 saturated carbocycles. The third-order valence-electron chi connectivity index (χ3n) is 6.10. The zero-order valence-corrected chi connectivity index (χ0v) is 18.0. The molecule has 2 aromatic rings. The second-order valence-electron chi connectivity index (χ2n) is 7.94. The lowest BCUT2D eigenvalue weighted by Gasteiger charge is -2.38. The molecule has 0 saturated heterocycles. The summed E-state index contributed by atoms with van der Waals surface area (Å²) in [5.74, 6) is -2.85. The number of hydrogen-bond donors (Lipinski definition) is 2. The molecule has 1 aliphatic heterocycles. The van der Waals surface area contributed by atoms with E-state index in [1.807, 2.05) is 30.3 Å². The zero-order valence-electron chi connectivity index (χ0n) is 18.0. The lowest BCUT2D eigenvalue weighted by Crippen LogP contribution is -2.44. The molecular weight excluding hydrogens is 410 g/mol. The Hall–Kier alpha value is -3.61. The number of carbonyl (C=O) groups excluding carboxylic acids is 3. The van der Waals surface area contributed by atoms with E-state index in [0.29, 0.717) is 23.3 Å². The molecule has 7 heteroatoms. The minimum Gasteiger partial charge on any atom is -0.504 e. The molecule has 3 atom stereocenters. The Morgan fingerprint density at radius 2 is 1.84 bits per heavy atom. The summed E-state index contributed by atoms with van der Waals surface area (Å²) in [5, 5.41) is 12.8. The van der Waals surface area contributed by atoms with Crippen LogP contribution in [0.5, 0.6) is 11.5 Å². The van der Waals surface area contributed by atoms with Crippen LogP contribution >= 0.6 is 0 Å². The molecule has 32 heavy (non-hydrogen) atoms. The van der Waals surface area contributed by atoms with E-state index < -0.39 is 23.7 Å². The van der Waals surface area contributed by atoms with Crippen molar-refractivity contribution in [3.05, 3.63) is 70.9 Å². The molecule has 1 amide bonds. The number of esters is 1. The van der Waals surface area contributed by atoms with Gasteiger partial charge < -0.3 is 19.9 Å². The van der Waals surface area contributed by atoms with Gasteiger partial charge in [0.2, 0.25) is 5.91 Å². The Balaban J connectivity index is 1.82. The van der Waals surface area contributed by atoms with Gasteiger partial charge in [-0.3, -0.25) is 14.4 Å². The van der Waals surface area contributed by atoms with Gasteiger partial charge in [-0.2, -0.15) is 0 Å². The number of phenolic OH excluding ortho intramolecular Hbond substituents is 1. The van der Waals surface area contributed by atoms with Crippen molar-refractivity contribution >= 4 is 17.7 Å². The Labute approximate surface area is 186 Å². The molecule has 166 valence electrons. The molecule has 2 N–H and O–H groups in total. The molecule has 2 aromatic carbocycles. The number of aromatic hydroxyl groups is 1. The van der Waals surface area contributed by atoms with Gasteiger partial charge in [0.1, 0.15) is 5.92 Å². The van der Waals surface area contributed by atoms with E-state index in [4.69, 9.17) is 9.47 Å². The molecule has 0 aromatic heterocycles. The van der Waals surface area contributed by atoms with Gasteiger partial charge in [-0.1, -0.05) is 36.4 Å². The minimum absolute atomic E-state index is 0.0331. The Bertz CT molecular complexity index is 1090. The van der Waals surface area contributed by atoms with E-state index in [1.54, 1.807) is 19.1 Å². The summed E-state index contributed by atoms with van der Waals surface area (Å²) in [6.07, 6.45) is 0.399. The number of methoxy groups -OCH3 is 1. The van der Waals surface area contributed by atoms with Crippen LogP contribution in [-0.2, 0) is 19.1 Å². The molecule has 0 spiro atoms. The van der Waals surface area contributed by atoms with E-state index in [0.717, 1.165) is 5.56 Å². The number of amides is 1. The molecule has 7 nitrogen and oxygen atoms in total. The Morgan fingerprint density at radius 3 is 2.53 bits per heavy atom. The predicted octanol–water partition coefficient (Wildman–Crippen LogP) is 3.19. The number of nitrogens with one attached hydrogen (secondary N) is 1. The maximum absolute atomic E-state index is 13.8. The standard InChI is InChI=1S/C25H25NO6/c1-3-32-25(30)23-16(14-7-5-4-6-8-14)12-18-22(24(23)29)17(13-21(28)26-18)15-9-10-19(27)20(11-15)31-2/h4-11,16-17,23,27H,3,12-13H2,1-2H3,(H,26,28)/t16-,17+,23-/m0/s1. The smallest absolute Gasteiger partial charge is 0.317 e. The summed E-state index contributed by atoms with van der Waals surface area (Å²) < 4.78 is 10.5. The van der Waals surface area contributed by atoms with E-state index in [-0.39, 0.29) is 36.2 Å². The number of rotatable bonds is 5. The van der Waals surface area contributed by atoms with Gasteiger partial charge in [-0.15, -0.1) is 0 Å². The molecule has 0 bridgehead atoms. The van der Waals surface area contributed by atoms with Crippen molar-refractivity contribution in [1.82, 2.24) is 5.32 Å². The summed E-state index contributed by atoms with van der Waals surface area (Å²) >= 11 is 0. The number of benzene rings is 2. The van der Waals surface area contributed by atoms with Crippen molar-refractivity contribution in [2.75, 3.05) is 13.7 Å². The zero-order chi connectivity index (χ0) is 22.8. The average Bonchev–Trinajstić information content (AvgIpc) is 2.79. The van der Waals surface area contributed by atoms with Crippen LogP contribution in [0, 0.1) is 5.92 Å². The average molecular weight is 435 g/mol. The third-order valence-corrected chi connectivity index (χ3v) is 6.10. The topological polar surface area (TPSA) is 102 Å². The van der Waals surface area contributed by atoms with E-state index in [1.165, 1.54) is 13.2 Å². The predicted molar refractivity (Wildman–Crippen MR) is 116 cm³/mol. The number of ether oxygens (including phenoxy) is 2. The Kier molecular flexibility index (Phi) is 5.99. The highest BCUT2D eigenvalue weighted by atomic mass is 16.5. The lowest BCUT2D eigenvalue weighted by atomic mass is 9.68. The third kappa shape index (κ3) is 3.86. The number of phenols is 1. The van der Waals surface area contributed by atoms with Gasteiger partial charge in [0.05, 0.1) is 13.7 Å². The van der Waals surface area contributed by atoms with E-state index in [2.05, 4.69) is 5.32 Å². The van der Waals surface area contributed by atoms with Crippen molar-refractivity contribution in [2.24, 2.45) is 5.92 Å². The maximum atomic E-state index is 13.8. The fourth-order valence-electron chi connectivity index (χ4n) is 4.66. The molecular formula is C25H25NO6. The normalized spacial score (nSPS) is 22.8. The monoisotopic (exact) mass is 435 g/mol. The highest BCUT2D eigenvalue weighted by molar-refractivity contribution is 6.12. The van der Waals surface area contributed by atoms with Crippen LogP contribution in [0.25, 0.3) is 0 Å². The fourth-order valence-corrected chi connectivity index (χ4v) is 4.66. The Morgan fingerprint density at radius 1 is 1.09 bits per heavy atom. The molecule has 0 fully saturated rings. The van der Waals surface area contributed by atoms with Crippen LogP contribution in [-0.4, -0.2) is 36.5 Å². The van der Waals surface area contributed by atoms with Gasteiger partial charge in [0, 0.05) is 29.5 Å². The first-order chi connectivity index (χ1) is 15.4. The number of carbonyl (C=O) groups is 3. The van der Waals surface area contributed by atoms with Crippen molar-refractivity contribution in [2.45, 2.75) is 31.6 Å². The molecule has 4 rings (SSSR count). The number of allylic oxidation sites excluding steroid dienone is 2. The summed E-state index contributed by atoms with van der Waals surface area (Å²) in [7, 11) is 1.43. The quantitative estimate of drug-likeness (QED) is 0.552. The second kappa shape index (κ2) is 8.86. The first-order valence-corrected chi connectivity index (χ1v) is 10.6. The van der Waals surface area contributed by atoms with Crippen LogP contribution in [0.3, 0.4) is 0 Å². The first-order valence-electron chi connectivity index (χ1n) is 10.6. The van der Waals surface area contributed by atoms with Crippen molar-refractivity contribution in [1.29, 1.82) is 0 Å². The molecule has 0 unspecified atom stereocenters. The molecule has 2 aliphatic rings. The SMILES string of the molecule is CCOC(=O)[C@@H]1C(=O)C2=C(C[C@H]1c1ccccc1)NC(=O)C[C@@H]2c1ccc(O)c(OC)c1. The highest BCUT2D eigenvalue weighted by Crippen LogP contribution is 2.46. The molecule has 1 aliphatic carbocycles. The van der Waals surface area contributed by atoms with Crippen molar-refractivity contribution in [3.8, 4) is 11.5 Å². The van der Waals surface area contributed by atoms with Crippen LogP contribution in [0.4, 0.5) is 0 Å². The number of ketones is 1. The van der Waals surface area contributed by atoms with E-state index in [9.17, 15) is 19.5 Å². The molecule has 1 heterocycles. The van der Waals surface area contributed by atoms with Crippen molar-refractivity contribution < 1.29 is 29.0 Å². The minimum atomic E-state index is -0.993. The number of Topliss-reactive ketones (excluding diaryl/α,β-unsaturated/α-hetero) is 1. The van der Waals surface area contributed by atoms with Crippen LogP contribution < -0.4 is 10.1 Å². The maximum Gasteiger partial charge on any atom is 0.317 e. The summed E-state index contributed by atoms with van der Waals surface area (Å²) in [6.45, 7) is 1.88. The summed E-state index contributed by atoms with van der Waals surface area (Å²) in [4.78, 5) is 39.3. The summed E-state index contributed by atoms with van der Waals surface area (Å²) in [5.41, 5.74) is 2.46. The highest BCUT2D eigenvalue weighted by Gasteiger charge is 2.47. The number of hydrogen-bond acceptors (Lipinski definition) is 6. The van der Waals surface area contributed by atoms with Gasteiger partial charge >= 0.3 is 5.97 Å². The van der Waals surface area contributed by atoms with Crippen LogP contribution in [0.2, 0.25) is 0 Å². The van der Waals surface area contributed by atoms with Crippen LogP contribution in [0.1, 0.15) is 42.7 Å². The summed E-state index contributed by atoms with van der Waals surface area (Å²) in [6, 6.07) is 14.1. The van der Waals surface area contributed by atoms with Gasteiger partial charge in [0.15, 0.2) is 17.3 Å². The van der Waals surface area contributed by atoms with Gasteiger partial charge in [-0.25, -0.2) is 0 Å². The van der Waals surface area contributed by atoms with Crippen LogP contribution in [0.15, 0.2) is 59.8 Å².